The third-order valence-electron chi connectivity index (χ3n) is 2.45. The van der Waals surface area contributed by atoms with E-state index in [0.29, 0.717) is 0 Å². The van der Waals surface area contributed by atoms with Crippen molar-refractivity contribution >= 4 is 32.4 Å². The fourth-order valence-corrected chi connectivity index (χ4v) is 3.39. The van der Waals surface area contributed by atoms with Gasteiger partial charge in [-0.25, -0.2) is 0 Å². The van der Waals surface area contributed by atoms with E-state index >= 15 is 0 Å². The Hall–Kier alpha value is -1.00. The van der Waals surface area contributed by atoms with Crippen LogP contribution in [0.4, 0.5) is 0 Å². The molecule has 0 aliphatic rings. The van der Waals surface area contributed by atoms with Gasteiger partial charge in [-0.3, -0.25) is 8.42 Å². The lowest BCUT2D eigenvalue weighted by Crippen LogP contribution is -1.95. The van der Waals surface area contributed by atoms with Crippen molar-refractivity contribution in [3.63, 3.8) is 0 Å². The lowest BCUT2D eigenvalue weighted by molar-refractivity contribution is 0.687. The first-order chi connectivity index (χ1) is 7.61. The largest absolute Gasteiger partial charge is 0.255 e. The number of benzene rings is 2. The van der Waals surface area contributed by atoms with Gasteiger partial charge in [-0.2, -0.15) is 0 Å². The molecule has 16 heavy (non-hydrogen) atoms. The van der Waals surface area contributed by atoms with E-state index in [1.54, 1.807) is 12.5 Å². The minimum Gasteiger partial charge on any atom is -0.255 e. The van der Waals surface area contributed by atoms with E-state index in [1.807, 2.05) is 36.4 Å². The quantitative estimate of drug-likeness (QED) is 0.822. The molecule has 2 aromatic carbocycles. The van der Waals surface area contributed by atoms with Crippen molar-refractivity contribution in [1.29, 1.82) is 0 Å². The highest BCUT2D eigenvalue weighted by Gasteiger charge is 2.10. The maximum atomic E-state index is 11.6. The Bertz CT molecular complexity index is 542. The third kappa shape index (κ3) is 1.95. The molecule has 2 rings (SSSR count). The van der Waals surface area contributed by atoms with Gasteiger partial charge < -0.3 is 0 Å². The summed E-state index contributed by atoms with van der Waals surface area (Å²) in [4.78, 5) is 1.51. The van der Waals surface area contributed by atoms with Crippen molar-refractivity contribution in [2.75, 3.05) is 12.5 Å². The fraction of sp³-hybridized carbons (Fsp3) is 0.167. The summed E-state index contributed by atoms with van der Waals surface area (Å²) in [6.45, 7) is 0. The van der Waals surface area contributed by atoms with Crippen LogP contribution in [-0.4, -0.2) is 20.9 Å². The van der Waals surface area contributed by atoms with Crippen molar-refractivity contribution in [3.05, 3.63) is 36.4 Å². The van der Waals surface area contributed by atoms with E-state index < -0.39 is 21.6 Å². The monoisotopic (exact) mass is 252 g/mol. The van der Waals surface area contributed by atoms with Crippen LogP contribution >= 0.6 is 0 Å². The van der Waals surface area contributed by atoms with Crippen LogP contribution in [0, 0.1) is 0 Å². The topological polar surface area (TPSA) is 34.1 Å². The number of hydrogen-bond acceptors (Lipinski definition) is 2. The lowest BCUT2D eigenvalue weighted by atomic mass is 10.1. The molecule has 0 saturated carbocycles. The molecule has 0 saturated heterocycles. The zero-order chi connectivity index (χ0) is 11.7. The van der Waals surface area contributed by atoms with Crippen LogP contribution in [-0.2, 0) is 21.6 Å². The number of hydrogen-bond donors (Lipinski definition) is 0. The summed E-state index contributed by atoms with van der Waals surface area (Å²) in [5.41, 5.74) is 0. The summed E-state index contributed by atoms with van der Waals surface area (Å²) >= 11 is 0. The van der Waals surface area contributed by atoms with Crippen LogP contribution in [0.25, 0.3) is 10.8 Å². The molecule has 0 N–H and O–H groups in total. The second-order valence-electron chi connectivity index (χ2n) is 3.52. The zero-order valence-electron chi connectivity index (χ0n) is 9.10. The Morgan fingerprint density at radius 1 is 0.812 bits per heavy atom. The van der Waals surface area contributed by atoms with Gasteiger partial charge in [0, 0.05) is 27.7 Å². The Morgan fingerprint density at radius 2 is 1.25 bits per heavy atom. The molecule has 2 aromatic rings. The van der Waals surface area contributed by atoms with Gasteiger partial charge in [0.05, 0.1) is 21.6 Å². The maximum absolute atomic E-state index is 11.6. The van der Waals surface area contributed by atoms with Crippen LogP contribution < -0.4 is 0 Å². The van der Waals surface area contributed by atoms with E-state index in [2.05, 4.69) is 0 Å². The normalized spacial score (nSPS) is 14.9. The van der Waals surface area contributed by atoms with Crippen LogP contribution in [0.2, 0.25) is 0 Å². The molecular weight excluding hydrogens is 240 g/mol. The summed E-state index contributed by atoms with van der Waals surface area (Å²) in [7, 11) is -2.13. The average molecular weight is 252 g/mol. The SMILES string of the molecule is CS(=O)c1cccc2cccc(S(C)=O)c12. The van der Waals surface area contributed by atoms with Gasteiger partial charge in [0.2, 0.25) is 0 Å². The smallest absolute Gasteiger partial charge is 0.0504 e. The molecule has 0 aliphatic carbocycles. The molecule has 0 fully saturated rings. The van der Waals surface area contributed by atoms with Gasteiger partial charge >= 0.3 is 0 Å². The lowest BCUT2D eigenvalue weighted by Gasteiger charge is -2.07. The minimum atomic E-state index is -1.06. The highest BCUT2D eigenvalue weighted by molar-refractivity contribution is 7.85. The summed E-state index contributed by atoms with van der Waals surface area (Å²) in [6.07, 6.45) is 3.29. The van der Waals surface area contributed by atoms with E-state index in [0.717, 1.165) is 20.6 Å². The van der Waals surface area contributed by atoms with Crippen molar-refractivity contribution in [2.45, 2.75) is 9.79 Å². The van der Waals surface area contributed by atoms with Crippen molar-refractivity contribution in [1.82, 2.24) is 0 Å². The van der Waals surface area contributed by atoms with Crippen molar-refractivity contribution in [3.8, 4) is 0 Å². The molecule has 2 nitrogen and oxygen atoms in total. The molecule has 2 atom stereocenters. The van der Waals surface area contributed by atoms with E-state index in [4.69, 9.17) is 0 Å². The number of fused-ring (bicyclic) bond motifs is 1. The van der Waals surface area contributed by atoms with Gasteiger partial charge in [0.1, 0.15) is 0 Å². The highest BCUT2D eigenvalue weighted by atomic mass is 32.2. The molecule has 2 unspecified atom stereocenters. The Balaban J connectivity index is 2.92. The first-order valence-corrected chi connectivity index (χ1v) is 7.91. The van der Waals surface area contributed by atoms with Gasteiger partial charge in [-0.1, -0.05) is 24.3 Å². The predicted octanol–water partition coefficient (Wildman–Crippen LogP) is 2.31. The van der Waals surface area contributed by atoms with E-state index in [1.165, 1.54) is 0 Å². The minimum absolute atomic E-state index is 0.753. The average Bonchev–Trinajstić information content (AvgIpc) is 2.27. The summed E-state index contributed by atoms with van der Waals surface area (Å²) in [5, 5.41) is 1.85. The molecule has 0 amide bonds. The second-order valence-corrected chi connectivity index (χ2v) is 6.21. The molecule has 0 heterocycles. The van der Waals surface area contributed by atoms with Crippen LogP contribution in [0.3, 0.4) is 0 Å². The van der Waals surface area contributed by atoms with Gasteiger partial charge in [0.25, 0.3) is 0 Å². The van der Waals surface area contributed by atoms with Crippen LogP contribution in [0.15, 0.2) is 46.2 Å². The van der Waals surface area contributed by atoms with E-state index in [-0.39, 0.29) is 0 Å². The molecule has 0 aliphatic heterocycles. The highest BCUT2D eigenvalue weighted by Crippen LogP contribution is 2.26. The molecule has 0 aromatic heterocycles. The fourth-order valence-electron chi connectivity index (χ4n) is 1.75. The molecule has 0 bridgehead atoms. The third-order valence-corrected chi connectivity index (χ3v) is 4.37. The summed E-state index contributed by atoms with van der Waals surface area (Å²) in [6, 6.07) is 11.3. The summed E-state index contributed by atoms with van der Waals surface area (Å²) < 4.78 is 23.3. The zero-order valence-corrected chi connectivity index (χ0v) is 10.7. The Kier molecular flexibility index (Phi) is 3.21. The standard InChI is InChI=1S/C12H12O2S2/c1-15(13)10-7-3-5-9-6-4-8-11(12(9)10)16(2)14/h3-8H,1-2H3. The van der Waals surface area contributed by atoms with Gasteiger partial charge in [-0.15, -0.1) is 0 Å². The second kappa shape index (κ2) is 4.47. The van der Waals surface area contributed by atoms with Gasteiger partial charge in [-0.05, 0) is 17.5 Å². The molecular formula is C12H12O2S2. The van der Waals surface area contributed by atoms with Gasteiger partial charge in [0.15, 0.2) is 0 Å². The summed E-state index contributed by atoms with van der Waals surface area (Å²) in [5.74, 6) is 0. The first kappa shape index (κ1) is 11.5. The predicted molar refractivity (Wildman–Crippen MR) is 68.6 cm³/mol. The van der Waals surface area contributed by atoms with Crippen molar-refractivity contribution < 1.29 is 8.42 Å². The van der Waals surface area contributed by atoms with Crippen molar-refractivity contribution in [2.24, 2.45) is 0 Å². The molecule has 4 heteroatoms. The Morgan fingerprint density at radius 3 is 1.62 bits per heavy atom. The van der Waals surface area contributed by atoms with E-state index in [9.17, 15) is 8.42 Å². The maximum Gasteiger partial charge on any atom is 0.0504 e. The Labute approximate surface area is 99.6 Å². The molecule has 0 spiro atoms. The molecule has 84 valence electrons. The molecule has 0 radical (unpaired) electrons. The first-order valence-electron chi connectivity index (χ1n) is 4.80. The number of rotatable bonds is 2. The van der Waals surface area contributed by atoms with Crippen LogP contribution in [0.1, 0.15) is 0 Å². The van der Waals surface area contributed by atoms with Crippen LogP contribution in [0.5, 0.6) is 0 Å².